The van der Waals surface area contributed by atoms with Gasteiger partial charge in [-0.15, -0.1) is 6.58 Å². The molecule has 0 bridgehead atoms. The van der Waals surface area contributed by atoms with Crippen molar-refractivity contribution in [2.75, 3.05) is 13.1 Å². The zero-order chi connectivity index (χ0) is 31.8. The van der Waals surface area contributed by atoms with Crippen molar-refractivity contribution in [1.29, 1.82) is 0 Å². The van der Waals surface area contributed by atoms with E-state index in [9.17, 15) is 24.0 Å². The van der Waals surface area contributed by atoms with Crippen molar-refractivity contribution in [1.82, 2.24) is 20.9 Å². The van der Waals surface area contributed by atoms with Gasteiger partial charge in [-0.2, -0.15) is 0 Å². The highest BCUT2D eigenvalue weighted by atomic mass is 16.6. The summed E-state index contributed by atoms with van der Waals surface area (Å²) in [6.45, 7) is 22.0. The largest absolute Gasteiger partial charge is 0.444 e. The van der Waals surface area contributed by atoms with E-state index in [1.807, 2.05) is 48.5 Å². The van der Waals surface area contributed by atoms with Crippen molar-refractivity contribution in [3.05, 3.63) is 12.7 Å². The van der Waals surface area contributed by atoms with Crippen LogP contribution in [0.5, 0.6) is 0 Å². The number of carbonyl (C=O) groups excluding carboxylic acids is 5. The van der Waals surface area contributed by atoms with Gasteiger partial charge in [-0.05, 0) is 59.8 Å². The van der Waals surface area contributed by atoms with Gasteiger partial charge in [0.1, 0.15) is 17.7 Å². The highest BCUT2D eigenvalue weighted by Crippen LogP contribution is 2.30. The maximum atomic E-state index is 14.0. The van der Waals surface area contributed by atoms with Gasteiger partial charge in [-0.1, -0.05) is 46.6 Å². The average molecular weight is 581 g/mol. The van der Waals surface area contributed by atoms with Crippen molar-refractivity contribution in [2.45, 2.75) is 130 Å². The molecule has 1 unspecified atom stereocenters. The highest BCUT2D eigenvalue weighted by molar-refractivity contribution is 6.38. The minimum atomic E-state index is -1.08. The molecule has 11 heteroatoms. The SMILES string of the molecule is C=CCNC(=O)C(=O)C(CCCC)NC(=O)[C@@H]1[C@@H](OC(C)(C)C)CCN1C(=O)[C@@H](NC(=O)OC(C)(C)C)C(C)(C)C. The summed E-state index contributed by atoms with van der Waals surface area (Å²) >= 11 is 0. The summed E-state index contributed by atoms with van der Waals surface area (Å²) in [7, 11) is 0. The maximum Gasteiger partial charge on any atom is 0.408 e. The third-order valence-electron chi connectivity index (χ3n) is 6.28. The number of nitrogens with one attached hydrogen (secondary N) is 3. The molecule has 0 spiro atoms. The summed E-state index contributed by atoms with van der Waals surface area (Å²) in [5.74, 6) is -2.65. The number of rotatable bonds is 12. The van der Waals surface area contributed by atoms with Crippen LogP contribution in [0.25, 0.3) is 0 Å². The van der Waals surface area contributed by atoms with Gasteiger partial charge in [0.25, 0.3) is 5.91 Å². The molecule has 1 aliphatic heterocycles. The number of hydrogen-bond donors (Lipinski definition) is 3. The van der Waals surface area contributed by atoms with E-state index in [0.29, 0.717) is 12.8 Å². The number of alkyl carbamates (subject to hydrolysis) is 1. The summed E-state index contributed by atoms with van der Waals surface area (Å²) in [6, 6.07) is -3.16. The molecule has 1 saturated heterocycles. The van der Waals surface area contributed by atoms with Crippen LogP contribution in [0.15, 0.2) is 12.7 Å². The number of amides is 4. The Bertz CT molecular complexity index is 959. The number of ketones is 1. The van der Waals surface area contributed by atoms with Crippen molar-refractivity contribution in [2.24, 2.45) is 5.41 Å². The molecule has 1 heterocycles. The number of likely N-dealkylation sites (tertiary alicyclic amines) is 1. The fraction of sp³-hybridized carbons (Fsp3) is 0.767. The van der Waals surface area contributed by atoms with Gasteiger partial charge in [0, 0.05) is 13.1 Å². The topological polar surface area (TPSA) is 143 Å². The molecule has 0 aromatic carbocycles. The monoisotopic (exact) mass is 580 g/mol. The number of unbranched alkanes of at least 4 members (excludes halogenated alkanes) is 1. The van der Waals surface area contributed by atoms with E-state index in [1.54, 1.807) is 20.8 Å². The molecular weight excluding hydrogens is 528 g/mol. The standard InChI is InChI=1S/C30H52N4O7/c1-12-14-15-19(22(35)25(37)31-17-13-2)32-24(36)21-20(40-29(6,7)8)16-18-34(21)26(38)23(28(3,4)5)33-27(39)41-30(9,10)11/h13,19-21,23H,2,12,14-18H2,1,3-11H3,(H,31,37)(H,32,36)(H,33,39)/t19?,20-,21-,23+/m0/s1. The zero-order valence-electron chi connectivity index (χ0n) is 26.6. The van der Waals surface area contributed by atoms with Crippen LogP contribution in [-0.4, -0.2) is 83.0 Å². The van der Waals surface area contributed by atoms with Gasteiger partial charge in [-0.3, -0.25) is 19.2 Å². The van der Waals surface area contributed by atoms with Crippen LogP contribution < -0.4 is 16.0 Å². The maximum absolute atomic E-state index is 14.0. The van der Waals surface area contributed by atoms with Crippen LogP contribution in [0.3, 0.4) is 0 Å². The Labute approximate surface area is 245 Å². The van der Waals surface area contributed by atoms with E-state index >= 15 is 0 Å². The highest BCUT2D eigenvalue weighted by Gasteiger charge is 2.48. The fourth-order valence-electron chi connectivity index (χ4n) is 4.48. The molecule has 1 aliphatic rings. The number of ether oxygens (including phenoxy) is 2. The quantitative estimate of drug-likeness (QED) is 0.237. The van der Waals surface area contributed by atoms with E-state index in [4.69, 9.17) is 9.47 Å². The predicted octanol–water partition coefficient (Wildman–Crippen LogP) is 3.26. The molecule has 11 nitrogen and oxygen atoms in total. The Morgan fingerprint density at radius 1 is 0.976 bits per heavy atom. The van der Waals surface area contributed by atoms with Gasteiger partial charge in [0.05, 0.1) is 17.7 Å². The number of nitrogens with zero attached hydrogens (tertiary/aromatic N) is 1. The Balaban J connectivity index is 3.38. The molecule has 0 radical (unpaired) electrons. The number of hydrogen-bond acceptors (Lipinski definition) is 7. The van der Waals surface area contributed by atoms with E-state index in [-0.39, 0.29) is 19.5 Å². The van der Waals surface area contributed by atoms with Crippen molar-refractivity contribution in [3.8, 4) is 0 Å². The molecule has 0 aliphatic carbocycles. The van der Waals surface area contributed by atoms with Crippen LogP contribution in [0.2, 0.25) is 0 Å². The molecule has 0 saturated carbocycles. The Hall–Kier alpha value is -2.95. The molecule has 1 rings (SSSR count). The molecule has 3 N–H and O–H groups in total. The predicted molar refractivity (Wildman–Crippen MR) is 157 cm³/mol. The van der Waals surface area contributed by atoms with Crippen LogP contribution in [0.4, 0.5) is 4.79 Å². The van der Waals surface area contributed by atoms with Gasteiger partial charge in [-0.25, -0.2) is 4.79 Å². The minimum Gasteiger partial charge on any atom is -0.444 e. The van der Waals surface area contributed by atoms with Crippen molar-refractivity contribution in [3.63, 3.8) is 0 Å². The summed E-state index contributed by atoms with van der Waals surface area (Å²) in [5.41, 5.74) is -2.11. The molecule has 1 fully saturated rings. The lowest BCUT2D eigenvalue weighted by Gasteiger charge is -2.37. The molecule has 234 valence electrons. The van der Waals surface area contributed by atoms with E-state index in [1.165, 1.54) is 11.0 Å². The van der Waals surface area contributed by atoms with Gasteiger partial charge in [0.2, 0.25) is 17.6 Å². The smallest absolute Gasteiger partial charge is 0.408 e. The van der Waals surface area contributed by atoms with E-state index < -0.39 is 70.4 Å². The van der Waals surface area contributed by atoms with Gasteiger partial charge < -0.3 is 30.3 Å². The van der Waals surface area contributed by atoms with Gasteiger partial charge in [0.15, 0.2) is 0 Å². The lowest BCUT2D eigenvalue weighted by atomic mass is 9.85. The second-order valence-electron chi connectivity index (χ2n) is 13.5. The van der Waals surface area contributed by atoms with Crippen LogP contribution >= 0.6 is 0 Å². The molecular formula is C30H52N4O7. The molecule has 4 amide bonds. The Morgan fingerprint density at radius 3 is 2.07 bits per heavy atom. The van der Waals surface area contributed by atoms with E-state index in [2.05, 4.69) is 22.5 Å². The average Bonchev–Trinajstić information content (AvgIpc) is 3.22. The third-order valence-corrected chi connectivity index (χ3v) is 6.28. The summed E-state index contributed by atoms with van der Waals surface area (Å²) in [5, 5.41) is 7.90. The Kier molecular flexibility index (Phi) is 13.0. The van der Waals surface area contributed by atoms with Crippen molar-refractivity contribution < 1.29 is 33.4 Å². The van der Waals surface area contributed by atoms with Crippen LogP contribution in [0.1, 0.15) is 94.9 Å². The summed E-state index contributed by atoms with van der Waals surface area (Å²) in [6.07, 6.45) is 2.03. The zero-order valence-corrected chi connectivity index (χ0v) is 26.6. The molecule has 0 aromatic rings. The first-order valence-electron chi connectivity index (χ1n) is 14.4. The Morgan fingerprint density at radius 2 is 1.59 bits per heavy atom. The lowest BCUT2D eigenvalue weighted by molar-refractivity contribution is -0.149. The first-order chi connectivity index (χ1) is 18.7. The molecule has 41 heavy (non-hydrogen) atoms. The van der Waals surface area contributed by atoms with Crippen LogP contribution in [0, 0.1) is 5.41 Å². The second kappa shape index (κ2) is 14.8. The second-order valence-corrected chi connectivity index (χ2v) is 13.5. The summed E-state index contributed by atoms with van der Waals surface area (Å²) in [4.78, 5) is 67.4. The number of carbonyl (C=O) groups is 5. The van der Waals surface area contributed by atoms with E-state index in [0.717, 1.165) is 6.42 Å². The molecule has 0 aromatic heterocycles. The lowest BCUT2D eigenvalue weighted by Crippen LogP contribution is -2.61. The molecule has 4 atom stereocenters. The number of Topliss-reactive ketones (excluding diaryl/α,β-unsaturated/α-hetero) is 1. The first kappa shape index (κ1) is 36.1. The normalized spacial score (nSPS) is 19.1. The first-order valence-corrected chi connectivity index (χ1v) is 14.4. The van der Waals surface area contributed by atoms with Crippen LogP contribution in [-0.2, 0) is 28.7 Å². The fourth-order valence-corrected chi connectivity index (χ4v) is 4.48. The van der Waals surface area contributed by atoms with Crippen molar-refractivity contribution >= 4 is 29.6 Å². The van der Waals surface area contributed by atoms with Gasteiger partial charge >= 0.3 is 6.09 Å². The third kappa shape index (κ3) is 11.8. The summed E-state index contributed by atoms with van der Waals surface area (Å²) < 4.78 is 11.6. The minimum absolute atomic E-state index is 0.115.